The lowest BCUT2D eigenvalue weighted by Crippen LogP contribution is -3.00. The minimum atomic E-state index is 0. The van der Waals surface area contributed by atoms with Crippen molar-refractivity contribution in [3.05, 3.63) is 12.2 Å². The molecule has 152 valence electrons. The van der Waals surface area contributed by atoms with Gasteiger partial charge in [-0.3, -0.25) is 0 Å². The monoisotopic (exact) mass is 373 g/mol. The van der Waals surface area contributed by atoms with Crippen molar-refractivity contribution in [2.45, 2.75) is 124 Å². The fourth-order valence-corrected chi connectivity index (χ4v) is 3.44. The Morgan fingerprint density at radius 2 is 1.00 bits per heavy atom. The molecule has 0 atom stereocenters. The van der Waals surface area contributed by atoms with Gasteiger partial charge in [0.15, 0.2) is 0 Å². The van der Waals surface area contributed by atoms with Crippen LogP contribution in [0.15, 0.2) is 12.2 Å². The standard InChI is InChI=1S/C23H47N.ClH/c1-4-5-6-7-8-9-10-11-12-13-14-15-16-17-18-20-23(2,3)21-19-22-24;/h19,21H,4-18,20,22,24H2,1-3H3;1H. The van der Waals surface area contributed by atoms with E-state index in [4.69, 9.17) is 0 Å². The van der Waals surface area contributed by atoms with Gasteiger partial charge in [0.05, 0.1) is 6.54 Å². The first-order chi connectivity index (χ1) is 11.6. The van der Waals surface area contributed by atoms with Gasteiger partial charge in [-0.25, -0.2) is 0 Å². The minimum absolute atomic E-state index is 0. The SMILES string of the molecule is CCCCCCCCCCCCCCCCCC(C)(C)C=CC[NH3+].[Cl-]. The Hall–Kier alpha value is -0.0100. The Kier molecular flexibility index (Phi) is 22.1. The van der Waals surface area contributed by atoms with Gasteiger partial charge in [-0.2, -0.15) is 0 Å². The molecule has 0 aliphatic carbocycles. The van der Waals surface area contributed by atoms with Gasteiger partial charge in [0.1, 0.15) is 0 Å². The third kappa shape index (κ3) is 21.9. The summed E-state index contributed by atoms with van der Waals surface area (Å²) in [5.41, 5.74) is 4.25. The van der Waals surface area contributed by atoms with Crippen molar-refractivity contribution >= 4 is 0 Å². The molecule has 0 aromatic carbocycles. The molecule has 0 aliphatic heterocycles. The van der Waals surface area contributed by atoms with Crippen molar-refractivity contribution < 1.29 is 18.1 Å². The molecule has 0 aromatic rings. The molecule has 0 saturated heterocycles. The van der Waals surface area contributed by atoms with Crippen molar-refractivity contribution in [1.82, 2.24) is 0 Å². The predicted octanol–water partition coefficient (Wildman–Crippen LogP) is 4.08. The van der Waals surface area contributed by atoms with E-state index in [1.54, 1.807) is 0 Å². The van der Waals surface area contributed by atoms with Crippen molar-refractivity contribution in [2.75, 3.05) is 6.54 Å². The summed E-state index contributed by atoms with van der Waals surface area (Å²) in [4.78, 5) is 0. The van der Waals surface area contributed by atoms with Gasteiger partial charge in [0, 0.05) is 0 Å². The summed E-state index contributed by atoms with van der Waals surface area (Å²) in [5.74, 6) is 0. The second-order valence-electron chi connectivity index (χ2n) is 8.38. The van der Waals surface area contributed by atoms with Crippen LogP contribution in [-0.2, 0) is 0 Å². The summed E-state index contributed by atoms with van der Waals surface area (Å²) in [6, 6.07) is 0. The molecular formula is C23H48ClN. The highest BCUT2D eigenvalue weighted by Gasteiger charge is 2.12. The molecule has 0 aliphatic rings. The number of allylic oxidation sites excluding steroid dienone is 1. The molecule has 0 fully saturated rings. The summed E-state index contributed by atoms with van der Waals surface area (Å²) in [6.45, 7) is 7.91. The zero-order chi connectivity index (χ0) is 17.9. The van der Waals surface area contributed by atoms with E-state index >= 15 is 0 Å². The highest BCUT2D eigenvalue weighted by molar-refractivity contribution is 4.94. The molecule has 0 bridgehead atoms. The molecular weight excluding hydrogens is 326 g/mol. The van der Waals surface area contributed by atoms with Gasteiger partial charge >= 0.3 is 0 Å². The van der Waals surface area contributed by atoms with E-state index in [1.807, 2.05) is 0 Å². The first kappa shape index (κ1) is 27.2. The van der Waals surface area contributed by atoms with E-state index in [9.17, 15) is 0 Å². The Bertz CT molecular complexity index is 273. The summed E-state index contributed by atoms with van der Waals surface area (Å²) >= 11 is 0. The normalized spacial score (nSPS) is 11.8. The van der Waals surface area contributed by atoms with Gasteiger partial charge in [-0.1, -0.05) is 123 Å². The number of halogens is 1. The number of unbranched alkanes of at least 4 members (excludes halogenated alkanes) is 14. The van der Waals surface area contributed by atoms with Crippen LogP contribution in [0.4, 0.5) is 0 Å². The molecule has 0 heterocycles. The topological polar surface area (TPSA) is 27.6 Å². The van der Waals surface area contributed by atoms with E-state index in [0.29, 0.717) is 5.41 Å². The number of hydrogen-bond acceptors (Lipinski definition) is 0. The first-order valence-electron chi connectivity index (χ1n) is 11.1. The van der Waals surface area contributed by atoms with E-state index in [-0.39, 0.29) is 12.4 Å². The van der Waals surface area contributed by atoms with Crippen molar-refractivity contribution in [1.29, 1.82) is 0 Å². The van der Waals surface area contributed by atoms with Gasteiger partial charge in [-0.05, 0) is 17.9 Å². The van der Waals surface area contributed by atoms with Crippen molar-refractivity contribution in [2.24, 2.45) is 5.41 Å². The van der Waals surface area contributed by atoms with Gasteiger partial charge in [0.25, 0.3) is 0 Å². The van der Waals surface area contributed by atoms with Gasteiger partial charge in [-0.15, -0.1) is 0 Å². The Balaban J connectivity index is 0. The smallest absolute Gasteiger partial charge is 0.0927 e. The lowest BCUT2D eigenvalue weighted by atomic mass is 9.86. The van der Waals surface area contributed by atoms with Gasteiger partial charge < -0.3 is 18.1 Å². The second kappa shape index (κ2) is 20.3. The quantitative estimate of drug-likeness (QED) is 0.277. The molecule has 0 unspecified atom stereocenters. The van der Waals surface area contributed by atoms with E-state index in [1.165, 1.54) is 103 Å². The van der Waals surface area contributed by atoms with Crippen LogP contribution in [0.5, 0.6) is 0 Å². The highest BCUT2D eigenvalue weighted by atomic mass is 35.5. The van der Waals surface area contributed by atoms with Crippen LogP contribution in [-0.4, -0.2) is 6.54 Å². The number of hydrogen-bond donors (Lipinski definition) is 1. The Morgan fingerprint density at radius 3 is 1.36 bits per heavy atom. The maximum absolute atomic E-state index is 3.88. The molecule has 1 nitrogen and oxygen atoms in total. The van der Waals surface area contributed by atoms with Gasteiger partial charge in [0.2, 0.25) is 0 Å². The maximum atomic E-state index is 3.88. The van der Waals surface area contributed by atoms with E-state index in [0.717, 1.165) is 6.54 Å². The minimum Gasteiger partial charge on any atom is -1.00 e. The third-order valence-electron chi connectivity index (χ3n) is 5.16. The van der Waals surface area contributed by atoms with Crippen LogP contribution >= 0.6 is 0 Å². The maximum Gasteiger partial charge on any atom is 0.0927 e. The largest absolute Gasteiger partial charge is 1.00 e. The summed E-state index contributed by atoms with van der Waals surface area (Å²) in [6.07, 6.45) is 27.6. The Morgan fingerprint density at radius 1 is 0.640 bits per heavy atom. The van der Waals surface area contributed by atoms with E-state index < -0.39 is 0 Å². The Labute approximate surface area is 166 Å². The summed E-state index contributed by atoms with van der Waals surface area (Å²) < 4.78 is 0. The predicted molar refractivity (Wildman–Crippen MR) is 110 cm³/mol. The molecule has 0 amide bonds. The summed E-state index contributed by atoms with van der Waals surface area (Å²) in [7, 11) is 0. The van der Waals surface area contributed by atoms with E-state index in [2.05, 4.69) is 38.7 Å². The molecule has 0 spiro atoms. The number of quaternary nitrogens is 1. The second-order valence-corrected chi connectivity index (χ2v) is 8.38. The molecule has 0 aromatic heterocycles. The third-order valence-corrected chi connectivity index (χ3v) is 5.16. The van der Waals surface area contributed by atoms with Crippen LogP contribution in [0, 0.1) is 5.41 Å². The molecule has 3 N–H and O–H groups in total. The van der Waals surface area contributed by atoms with Crippen LogP contribution in [0.25, 0.3) is 0 Å². The fourth-order valence-electron chi connectivity index (χ4n) is 3.44. The molecule has 0 radical (unpaired) electrons. The van der Waals surface area contributed by atoms with Crippen molar-refractivity contribution in [3.63, 3.8) is 0 Å². The zero-order valence-electron chi connectivity index (χ0n) is 17.8. The number of rotatable bonds is 18. The average molecular weight is 374 g/mol. The lowest BCUT2D eigenvalue weighted by Gasteiger charge is -2.19. The van der Waals surface area contributed by atoms with Crippen LogP contribution in [0.1, 0.15) is 124 Å². The molecule has 25 heavy (non-hydrogen) atoms. The fraction of sp³-hybridized carbons (Fsp3) is 0.913. The van der Waals surface area contributed by atoms with Crippen LogP contribution < -0.4 is 18.1 Å². The molecule has 0 rings (SSSR count). The van der Waals surface area contributed by atoms with Crippen molar-refractivity contribution in [3.8, 4) is 0 Å². The lowest BCUT2D eigenvalue weighted by molar-refractivity contribution is -0.352. The average Bonchev–Trinajstić information content (AvgIpc) is 2.56. The summed E-state index contributed by atoms with van der Waals surface area (Å²) in [5, 5.41) is 0. The van der Waals surface area contributed by atoms with Crippen LogP contribution in [0.2, 0.25) is 0 Å². The molecule has 0 saturated carbocycles. The first-order valence-corrected chi connectivity index (χ1v) is 11.1. The van der Waals surface area contributed by atoms with Crippen LogP contribution in [0.3, 0.4) is 0 Å². The zero-order valence-corrected chi connectivity index (χ0v) is 18.5. The molecule has 2 heteroatoms. The highest BCUT2D eigenvalue weighted by Crippen LogP contribution is 2.25.